The Morgan fingerprint density at radius 3 is 2.50 bits per heavy atom. The van der Waals surface area contributed by atoms with Crippen molar-refractivity contribution < 1.29 is 44.6 Å². The summed E-state index contributed by atoms with van der Waals surface area (Å²) in [6.45, 7) is 0.320. The van der Waals surface area contributed by atoms with Crippen molar-refractivity contribution in [1.29, 1.82) is 0 Å². The number of hydrogen-bond acceptors (Lipinski definition) is 9. The number of amides is 1. The van der Waals surface area contributed by atoms with Crippen LogP contribution in [0.25, 0.3) is 0 Å². The Labute approximate surface area is 126 Å². The lowest BCUT2D eigenvalue weighted by atomic mass is 9.88. The first-order valence-corrected chi connectivity index (χ1v) is 6.57. The molecule has 0 aromatic rings. The number of carbonyl (C=O) groups excluding carboxylic acids is 2. The second kappa shape index (κ2) is 7.31. The lowest BCUT2D eigenvalue weighted by Crippen LogP contribution is -2.67. The van der Waals surface area contributed by atoms with Gasteiger partial charge in [0.05, 0.1) is 25.9 Å². The van der Waals surface area contributed by atoms with E-state index in [4.69, 9.17) is 9.84 Å². The monoisotopic (exact) mass is 323 g/mol. The highest BCUT2D eigenvalue weighted by Crippen LogP contribution is 2.31. The number of hydrogen-bond donors (Lipinski definition) is 6. The van der Waals surface area contributed by atoms with Crippen LogP contribution < -0.4 is 5.32 Å². The summed E-state index contributed by atoms with van der Waals surface area (Å²) < 4.78 is 9.45. The lowest BCUT2D eigenvalue weighted by Gasteiger charge is -2.45. The van der Waals surface area contributed by atoms with Crippen LogP contribution in [0.3, 0.4) is 0 Å². The van der Waals surface area contributed by atoms with Gasteiger partial charge in [0.15, 0.2) is 0 Å². The fourth-order valence-electron chi connectivity index (χ4n) is 2.29. The summed E-state index contributed by atoms with van der Waals surface area (Å²) in [6.07, 6.45) is -7.09. The predicted molar refractivity (Wildman–Crippen MR) is 69.2 cm³/mol. The third kappa shape index (κ3) is 3.91. The van der Waals surface area contributed by atoms with Crippen LogP contribution >= 0.6 is 0 Å². The van der Waals surface area contributed by atoms with Gasteiger partial charge in [-0.25, -0.2) is 4.79 Å². The predicted octanol–water partition coefficient (Wildman–Crippen LogP) is -3.78. The van der Waals surface area contributed by atoms with Gasteiger partial charge in [-0.1, -0.05) is 0 Å². The summed E-state index contributed by atoms with van der Waals surface area (Å²) in [7, 11) is 0.990. The quantitative estimate of drug-likeness (QED) is 0.278. The van der Waals surface area contributed by atoms with E-state index < -0.39 is 61.1 Å². The Hall–Kier alpha value is -1.30. The van der Waals surface area contributed by atoms with E-state index in [1.165, 1.54) is 0 Å². The maximum atomic E-state index is 11.6. The van der Waals surface area contributed by atoms with Crippen LogP contribution in [0.15, 0.2) is 0 Å². The summed E-state index contributed by atoms with van der Waals surface area (Å²) in [5.41, 5.74) is 0. The molecule has 6 atom stereocenters. The molecule has 0 radical (unpaired) electrons. The molecule has 1 fully saturated rings. The average molecular weight is 323 g/mol. The number of nitrogens with one attached hydrogen (secondary N) is 1. The van der Waals surface area contributed by atoms with Gasteiger partial charge in [0.1, 0.15) is 18.3 Å². The highest BCUT2D eigenvalue weighted by Gasteiger charge is 2.54. The molecule has 128 valence electrons. The van der Waals surface area contributed by atoms with Crippen LogP contribution in [0.1, 0.15) is 13.3 Å². The SMILES string of the molecule is COC(=O)C1(O)C[C@@H](O)[C@H](NC(C)=O)[C@@H]([C@@H](O)[C@@H](O)CO)O1. The standard InChI is InChI=1S/C12H21NO9/c1-5(15)13-8-6(16)3-12(20,11(19)21-2)22-10(8)9(18)7(17)4-14/h6-10,14,16-18,20H,3-4H2,1-2H3,(H,13,15)/t6-,7+,8+,9+,10+,12?/m1/s1. The molecule has 1 heterocycles. The molecule has 0 spiro atoms. The molecule has 1 saturated heterocycles. The first-order valence-electron chi connectivity index (χ1n) is 6.57. The second-order valence-electron chi connectivity index (χ2n) is 5.10. The van der Waals surface area contributed by atoms with Gasteiger partial charge in [0, 0.05) is 13.3 Å². The molecule has 10 nitrogen and oxygen atoms in total. The van der Waals surface area contributed by atoms with Gasteiger partial charge in [0.2, 0.25) is 5.91 Å². The third-order valence-corrected chi connectivity index (χ3v) is 3.38. The molecular weight excluding hydrogens is 302 g/mol. The summed E-state index contributed by atoms with van der Waals surface area (Å²) in [5, 5.41) is 50.8. The van der Waals surface area contributed by atoms with Crippen molar-refractivity contribution in [3.05, 3.63) is 0 Å². The minimum Gasteiger partial charge on any atom is -0.465 e. The summed E-state index contributed by atoms with van der Waals surface area (Å²) >= 11 is 0. The molecule has 1 aliphatic heterocycles. The average Bonchev–Trinajstić information content (AvgIpc) is 2.46. The summed E-state index contributed by atoms with van der Waals surface area (Å²) in [5.74, 6) is -4.32. The van der Waals surface area contributed by atoms with Crippen LogP contribution in [-0.4, -0.2) is 87.4 Å². The molecule has 1 amide bonds. The van der Waals surface area contributed by atoms with Gasteiger partial charge >= 0.3 is 5.97 Å². The maximum absolute atomic E-state index is 11.6. The van der Waals surface area contributed by atoms with Crippen LogP contribution in [0.4, 0.5) is 0 Å². The normalized spacial score (nSPS) is 34.6. The van der Waals surface area contributed by atoms with Gasteiger partial charge in [-0.3, -0.25) is 4.79 Å². The molecule has 0 aromatic carbocycles. The van der Waals surface area contributed by atoms with E-state index in [-0.39, 0.29) is 0 Å². The third-order valence-electron chi connectivity index (χ3n) is 3.38. The number of rotatable bonds is 5. The van der Waals surface area contributed by atoms with Crippen LogP contribution in [0.2, 0.25) is 0 Å². The van der Waals surface area contributed by atoms with E-state index in [1.54, 1.807) is 0 Å². The Balaban J connectivity index is 3.09. The van der Waals surface area contributed by atoms with E-state index in [0.29, 0.717) is 0 Å². The van der Waals surface area contributed by atoms with E-state index in [1.807, 2.05) is 0 Å². The molecule has 1 rings (SSSR count). The molecule has 22 heavy (non-hydrogen) atoms. The molecule has 6 N–H and O–H groups in total. The Kier molecular flexibility index (Phi) is 6.23. The highest BCUT2D eigenvalue weighted by molar-refractivity contribution is 5.78. The first-order chi connectivity index (χ1) is 10.2. The minimum absolute atomic E-state index is 0.563. The Morgan fingerprint density at radius 1 is 1.45 bits per heavy atom. The Morgan fingerprint density at radius 2 is 2.05 bits per heavy atom. The topological polar surface area (TPSA) is 166 Å². The second-order valence-corrected chi connectivity index (χ2v) is 5.10. The molecule has 0 saturated carbocycles. The molecule has 0 aliphatic carbocycles. The largest absolute Gasteiger partial charge is 0.465 e. The van der Waals surface area contributed by atoms with E-state index in [2.05, 4.69) is 10.1 Å². The van der Waals surface area contributed by atoms with Crippen molar-refractivity contribution in [2.75, 3.05) is 13.7 Å². The van der Waals surface area contributed by atoms with Gasteiger partial charge < -0.3 is 40.3 Å². The molecule has 1 unspecified atom stereocenters. The number of esters is 1. The van der Waals surface area contributed by atoms with Crippen LogP contribution in [0.5, 0.6) is 0 Å². The lowest BCUT2D eigenvalue weighted by molar-refractivity contribution is -0.296. The van der Waals surface area contributed by atoms with E-state index >= 15 is 0 Å². The van der Waals surface area contributed by atoms with Crippen molar-refractivity contribution in [3.63, 3.8) is 0 Å². The molecule has 0 aromatic heterocycles. The number of aliphatic hydroxyl groups excluding tert-OH is 4. The Bertz CT molecular complexity index is 417. The highest BCUT2D eigenvalue weighted by atomic mass is 16.7. The fraction of sp³-hybridized carbons (Fsp3) is 0.833. The molecule has 0 bridgehead atoms. The smallest absolute Gasteiger partial charge is 0.366 e. The van der Waals surface area contributed by atoms with Crippen molar-refractivity contribution in [3.8, 4) is 0 Å². The van der Waals surface area contributed by atoms with E-state index in [0.717, 1.165) is 14.0 Å². The van der Waals surface area contributed by atoms with Crippen molar-refractivity contribution in [2.45, 2.75) is 49.6 Å². The maximum Gasteiger partial charge on any atom is 0.366 e. The van der Waals surface area contributed by atoms with Crippen molar-refractivity contribution >= 4 is 11.9 Å². The van der Waals surface area contributed by atoms with Gasteiger partial charge in [-0.2, -0.15) is 0 Å². The van der Waals surface area contributed by atoms with Gasteiger partial charge in [-0.05, 0) is 0 Å². The zero-order valence-electron chi connectivity index (χ0n) is 12.2. The van der Waals surface area contributed by atoms with E-state index in [9.17, 15) is 30.0 Å². The zero-order valence-corrected chi connectivity index (χ0v) is 12.2. The first kappa shape index (κ1) is 18.7. The number of carbonyl (C=O) groups is 2. The number of methoxy groups -OCH3 is 1. The minimum atomic E-state index is -2.55. The van der Waals surface area contributed by atoms with Gasteiger partial charge in [-0.15, -0.1) is 0 Å². The van der Waals surface area contributed by atoms with Crippen molar-refractivity contribution in [2.24, 2.45) is 0 Å². The number of aliphatic hydroxyl groups is 5. The van der Waals surface area contributed by atoms with Crippen molar-refractivity contribution in [1.82, 2.24) is 5.32 Å². The summed E-state index contributed by atoms with van der Waals surface area (Å²) in [6, 6.07) is -1.21. The number of ether oxygens (including phenoxy) is 2. The van der Waals surface area contributed by atoms with Gasteiger partial charge in [0.25, 0.3) is 5.79 Å². The van der Waals surface area contributed by atoms with Crippen LogP contribution in [-0.2, 0) is 19.1 Å². The molecule has 1 aliphatic rings. The summed E-state index contributed by atoms with van der Waals surface area (Å²) in [4.78, 5) is 22.8. The fourth-order valence-corrected chi connectivity index (χ4v) is 2.29. The molecule has 10 heteroatoms. The zero-order chi connectivity index (χ0) is 17.1. The van der Waals surface area contributed by atoms with Crippen LogP contribution in [0, 0.1) is 0 Å². The molecular formula is C12H21NO9.